The molecule has 1 atom stereocenters. The first-order chi connectivity index (χ1) is 8.04. The number of nitrogens with one attached hydrogen (secondary N) is 1. The number of aryl methyl sites for hydroxylation is 1. The average Bonchev–Trinajstić information content (AvgIpc) is 2.26. The molecule has 0 aliphatic rings. The van der Waals surface area contributed by atoms with Gasteiger partial charge in [0.2, 0.25) is 0 Å². The smallest absolute Gasteiger partial charge is 0.326 e. The molecular formula is C13H18ClNO2. The van der Waals surface area contributed by atoms with Crippen molar-refractivity contribution in [2.45, 2.75) is 39.2 Å². The predicted octanol–water partition coefficient (Wildman–Crippen LogP) is 3.70. The number of benzene rings is 1. The number of halogens is 1. The molecule has 0 radical (unpaired) electrons. The van der Waals surface area contributed by atoms with E-state index in [1.165, 1.54) is 0 Å². The van der Waals surface area contributed by atoms with Gasteiger partial charge in [0.05, 0.1) is 10.7 Å². The summed E-state index contributed by atoms with van der Waals surface area (Å²) in [5.41, 5.74) is 1.74. The molecule has 17 heavy (non-hydrogen) atoms. The third-order valence-corrected chi connectivity index (χ3v) is 2.91. The van der Waals surface area contributed by atoms with E-state index in [9.17, 15) is 4.79 Å². The van der Waals surface area contributed by atoms with Gasteiger partial charge in [-0.1, -0.05) is 37.4 Å². The van der Waals surface area contributed by atoms with E-state index in [4.69, 9.17) is 16.7 Å². The van der Waals surface area contributed by atoms with Crippen LogP contribution < -0.4 is 5.32 Å². The minimum atomic E-state index is -0.838. The van der Waals surface area contributed by atoms with Crippen molar-refractivity contribution in [1.29, 1.82) is 0 Å². The number of carboxylic acid groups (broad SMARTS) is 1. The molecule has 2 N–H and O–H groups in total. The fourth-order valence-electron chi connectivity index (χ4n) is 1.59. The van der Waals surface area contributed by atoms with Crippen molar-refractivity contribution in [3.63, 3.8) is 0 Å². The van der Waals surface area contributed by atoms with Crippen molar-refractivity contribution in [3.8, 4) is 0 Å². The fourth-order valence-corrected chi connectivity index (χ4v) is 1.88. The van der Waals surface area contributed by atoms with Crippen LogP contribution in [0.4, 0.5) is 5.69 Å². The summed E-state index contributed by atoms with van der Waals surface area (Å²) in [5.74, 6) is -0.838. The van der Waals surface area contributed by atoms with Crippen LogP contribution in [0.25, 0.3) is 0 Å². The van der Waals surface area contributed by atoms with Crippen LogP contribution in [0.1, 0.15) is 31.7 Å². The largest absolute Gasteiger partial charge is 0.480 e. The quantitative estimate of drug-likeness (QED) is 0.815. The summed E-state index contributed by atoms with van der Waals surface area (Å²) in [5, 5.41) is 12.6. The van der Waals surface area contributed by atoms with Gasteiger partial charge in [0.25, 0.3) is 0 Å². The number of hydrogen-bond acceptors (Lipinski definition) is 2. The molecule has 0 saturated carbocycles. The van der Waals surface area contributed by atoms with Crippen molar-refractivity contribution in [2.75, 3.05) is 5.32 Å². The molecule has 94 valence electrons. The van der Waals surface area contributed by atoms with Crippen molar-refractivity contribution in [1.82, 2.24) is 0 Å². The molecule has 0 spiro atoms. The summed E-state index contributed by atoms with van der Waals surface area (Å²) in [6.07, 6.45) is 2.47. The standard InChI is InChI=1S/C13H18ClNO2/c1-3-4-5-12(13(16)17)15-11-7-6-9(2)8-10(11)14/h6-8,12,15H,3-5H2,1-2H3,(H,16,17). The van der Waals surface area contributed by atoms with Crippen LogP contribution in [0.2, 0.25) is 5.02 Å². The molecule has 0 fully saturated rings. The van der Waals surface area contributed by atoms with Gasteiger partial charge in [0.1, 0.15) is 6.04 Å². The van der Waals surface area contributed by atoms with E-state index in [0.717, 1.165) is 18.4 Å². The van der Waals surface area contributed by atoms with Crippen molar-refractivity contribution >= 4 is 23.3 Å². The highest BCUT2D eigenvalue weighted by molar-refractivity contribution is 6.33. The first-order valence-electron chi connectivity index (χ1n) is 5.80. The maximum atomic E-state index is 11.1. The summed E-state index contributed by atoms with van der Waals surface area (Å²) < 4.78 is 0. The Balaban J connectivity index is 2.75. The number of aliphatic carboxylic acids is 1. The highest BCUT2D eigenvalue weighted by Gasteiger charge is 2.17. The van der Waals surface area contributed by atoms with Crippen LogP contribution in [-0.2, 0) is 4.79 Å². The highest BCUT2D eigenvalue weighted by Crippen LogP contribution is 2.24. The Morgan fingerprint density at radius 2 is 2.24 bits per heavy atom. The maximum absolute atomic E-state index is 11.1. The van der Waals surface area contributed by atoms with E-state index in [-0.39, 0.29) is 0 Å². The van der Waals surface area contributed by atoms with E-state index >= 15 is 0 Å². The average molecular weight is 256 g/mol. The zero-order valence-corrected chi connectivity index (χ0v) is 10.9. The van der Waals surface area contributed by atoms with Gasteiger partial charge in [-0.3, -0.25) is 0 Å². The molecule has 1 aromatic carbocycles. The van der Waals surface area contributed by atoms with Gasteiger partial charge < -0.3 is 10.4 Å². The molecule has 0 heterocycles. The summed E-state index contributed by atoms with van der Waals surface area (Å²) in [4.78, 5) is 11.1. The molecule has 0 aliphatic heterocycles. The molecule has 0 aliphatic carbocycles. The van der Waals surface area contributed by atoms with Gasteiger partial charge in [-0.25, -0.2) is 4.79 Å². The van der Waals surface area contributed by atoms with Crippen molar-refractivity contribution < 1.29 is 9.90 Å². The lowest BCUT2D eigenvalue weighted by molar-refractivity contribution is -0.138. The molecule has 1 unspecified atom stereocenters. The molecule has 4 heteroatoms. The van der Waals surface area contributed by atoms with Gasteiger partial charge in [0, 0.05) is 0 Å². The normalized spacial score (nSPS) is 12.2. The van der Waals surface area contributed by atoms with E-state index < -0.39 is 12.0 Å². The van der Waals surface area contributed by atoms with Crippen molar-refractivity contribution in [3.05, 3.63) is 28.8 Å². The monoisotopic (exact) mass is 255 g/mol. The van der Waals surface area contributed by atoms with Crippen molar-refractivity contribution in [2.24, 2.45) is 0 Å². The summed E-state index contributed by atoms with van der Waals surface area (Å²) in [6.45, 7) is 3.99. The zero-order chi connectivity index (χ0) is 12.8. The lowest BCUT2D eigenvalue weighted by Gasteiger charge is -2.16. The van der Waals surface area contributed by atoms with Gasteiger partial charge in [-0.2, -0.15) is 0 Å². The molecule has 3 nitrogen and oxygen atoms in total. The van der Waals surface area contributed by atoms with Gasteiger partial charge in [-0.05, 0) is 31.0 Å². The summed E-state index contributed by atoms with van der Waals surface area (Å²) >= 11 is 6.06. The van der Waals surface area contributed by atoms with Crippen LogP contribution in [-0.4, -0.2) is 17.1 Å². The summed E-state index contributed by atoms with van der Waals surface area (Å²) in [7, 11) is 0. The lowest BCUT2D eigenvalue weighted by atomic mass is 10.1. The molecule has 1 rings (SSSR count). The first-order valence-corrected chi connectivity index (χ1v) is 6.18. The van der Waals surface area contributed by atoms with E-state index in [0.29, 0.717) is 17.1 Å². The minimum Gasteiger partial charge on any atom is -0.480 e. The van der Waals surface area contributed by atoms with Crippen LogP contribution in [0.15, 0.2) is 18.2 Å². The lowest BCUT2D eigenvalue weighted by Crippen LogP contribution is -2.29. The Bertz CT molecular complexity index is 393. The Kier molecular flexibility index (Phi) is 5.29. The topological polar surface area (TPSA) is 49.3 Å². The number of hydrogen-bond donors (Lipinski definition) is 2. The first kappa shape index (κ1) is 13.8. The van der Waals surface area contributed by atoms with Crippen LogP contribution in [0.5, 0.6) is 0 Å². The van der Waals surface area contributed by atoms with Gasteiger partial charge >= 0.3 is 5.97 Å². The molecule has 0 amide bonds. The molecule has 1 aromatic rings. The third kappa shape index (κ3) is 4.27. The van der Waals surface area contributed by atoms with E-state index in [2.05, 4.69) is 5.32 Å². The van der Waals surface area contributed by atoms with E-state index in [1.807, 2.05) is 32.0 Å². The third-order valence-electron chi connectivity index (χ3n) is 2.60. The van der Waals surface area contributed by atoms with E-state index in [1.54, 1.807) is 0 Å². The van der Waals surface area contributed by atoms with Crippen LogP contribution in [0, 0.1) is 6.92 Å². The zero-order valence-electron chi connectivity index (χ0n) is 10.2. The number of carbonyl (C=O) groups is 1. The highest BCUT2D eigenvalue weighted by atomic mass is 35.5. The molecule has 0 aromatic heterocycles. The number of anilines is 1. The number of carboxylic acids is 1. The Labute approximate surface area is 107 Å². The second kappa shape index (κ2) is 6.50. The molecule has 0 saturated heterocycles. The van der Waals surface area contributed by atoms with Gasteiger partial charge in [-0.15, -0.1) is 0 Å². The van der Waals surface area contributed by atoms with Gasteiger partial charge in [0.15, 0.2) is 0 Å². The van der Waals surface area contributed by atoms with Crippen LogP contribution in [0.3, 0.4) is 0 Å². The molecular weight excluding hydrogens is 238 g/mol. The summed E-state index contributed by atoms with van der Waals surface area (Å²) in [6, 6.07) is 4.98. The minimum absolute atomic E-state index is 0.563. The van der Waals surface area contributed by atoms with Crippen LogP contribution >= 0.6 is 11.6 Å². The SMILES string of the molecule is CCCCC(Nc1ccc(C)cc1Cl)C(=O)O. The Morgan fingerprint density at radius 1 is 1.53 bits per heavy atom. The maximum Gasteiger partial charge on any atom is 0.326 e. The number of rotatable bonds is 6. The fraction of sp³-hybridized carbons (Fsp3) is 0.462. The second-order valence-corrected chi connectivity index (χ2v) is 4.57. The second-order valence-electron chi connectivity index (χ2n) is 4.16. The predicted molar refractivity (Wildman–Crippen MR) is 70.8 cm³/mol. The number of unbranched alkanes of at least 4 members (excludes halogenated alkanes) is 1. The Hall–Kier alpha value is -1.22. The molecule has 0 bridgehead atoms. The Morgan fingerprint density at radius 3 is 2.76 bits per heavy atom.